The SMILES string of the molecule is CN[C@@H](Cc1ccccc1)C(=O)N[C@@H](Cc1c[nH]c2ccccc12)C(=O)N1CCNC(=O)C1=O. The van der Waals surface area contributed by atoms with Gasteiger partial charge in [0.25, 0.3) is 5.91 Å². The molecule has 0 unspecified atom stereocenters. The lowest BCUT2D eigenvalue weighted by Gasteiger charge is -2.29. The molecule has 1 aliphatic rings. The van der Waals surface area contributed by atoms with Gasteiger partial charge in [-0.3, -0.25) is 24.1 Å². The number of benzene rings is 2. The second-order valence-corrected chi connectivity index (χ2v) is 8.21. The van der Waals surface area contributed by atoms with Gasteiger partial charge in [-0.05, 0) is 30.7 Å². The van der Waals surface area contributed by atoms with Gasteiger partial charge in [0.15, 0.2) is 0 Å². The van der Waals surface area contributed by atoms with Gasteiger partial charge in [-0.1, -0.05) is 48.5 Å². The molecular formula is C25H27N5O4. The lowest BCUT2D eigenvalue weighted by atomic mass is 10.0. The smallest absolute Gasteiger partial charge is 0.318 e. The molecule has 0 radical (unpaired) electrons. The average molecular weight is 462 g/mol. The van der Waals surface area contributed by atoms with Crippen LogP contribution in [-0.4, -0.2) is 65.7 Å². The number of nitrogens with one attached hydrogen (secondary N) is 4. The van der Waals surface area contributed by atoms with Crippen molar-refractivity contribution >= 4 is 34.5 Å². The first-order valence-electron chi connectivity index (χ1n) is 11.2. The number of imide groups is 1. The Morgan fingerprint density at radius 2 is 1.74 bits per heavy atom. The van der Waals surface area contributed by atoms with E-state index in [0.717, 1.165) is 26.9 Å². The highest BCUT2D eigenvalue weighted by Crippen LogP contribution is 2.20. The molecule has 1 fully saturated rings. The summed E-state index contributed by atoms with van der Waals surface area (Å²) in [5, 5.41) is 9.20. The predicted molar refractivity (Wildman–Crippen MR) is 127 cm³/mol. The minimum absolute atomic E-state index is 0.0587. The molecule has 3 aromatic rings. The van der Waals surface area contributed by atoms with Gasteiger partial charge in [-0.2, -0.15) is 0 Å². The Morgan fingerprint density at radius 3 is 2.50 bits per heavy atom. The van der Waals surface area contributed by atoms with Gasteiger partial charge in [0, 0.05) is 36.6 Å². The van der Waals surface area contributed by atoms with Gasteiger partial charge in [0.2, 0.25) is 5.91 Å². The number of aromatic amines is 1. The number of likely N-dealkylation sites (N-methyl/N-ethyl adjacent to an activating group) is 1. The number of nitrogens with zero attached hydrogens (tertiary/aromatic N) is 1. The minimum atomic E-state index is -1.02. The number of amides is 4. The normalized spacial score (nSPS) is 15.6. The Balaban J connectivity index is 1.58. The molecule has 9 nitrogen and oxygen atoms in total. The van der Waals surface area contributed by atoms with Crippen LogP contribution in [0.2, 0.25) is 0 Å². The first-order valence-corrected chi connectivity index (χ1v) is 11.2. The van der Waals surface area contributed by atoms with Crippen LogP contribution < -0.4 is 16.0 Å². The lowest BCUT2D eigenvalue weighted by Crippen LogP contribution is -2.60. The molecule has 0 spiro atoms. The fraction of sp³-hybridized carbons (Fsp3) is 0.280. The van der Waals surface area contributed by atoms with E-state index in [1.54, 1.807) is 13.2 Å². The number of hydrogen-bond acceptors (Lipinski definition) is 5. The molecule has 0 saturated carbocycles. The van der Waals surface area contributed by atoms with Crippen LogP contribution in [0.5, 0.6) is 0 Å². The van der Waals surface area contributed by atoms with Crippen molar-refractivity contribution < 1.29 is 19.2 Å². The summed E-state index contributed by atoms with van der Waals surface area (Å²) in [7, 11) is 1.68. The van der Waals surface area contributed by atoms with Crippen LogP contribution in [0.3, 0.4) is 0 Å². The second kappa shape index (κ2) is 10.3. The highest BCUT2D eigenvalue weighted by atomic mass is 16.2. The summed E-state index contributed by atoms with van der Waals surface area (Å²) in [6.07, 6.45) is 2.39. The fourth-order valence-corrected chi connectivity index (χ4v) is 4.15. The van der Waals surface area contributed by atoms with Crippen molar-refractivity contribution in [1.29, 1.82) is 0 Å². The summed E-state index contributed by atoms with van der Waals surface area (Å²) in [5.41, 5.74) is 2.70. The molecule has 2 atom stereocenters. The van der Waals surface area contributed by atoms with Crippen molar-refractivity contribution in [3.05, 3.63) is 71.9 Å². The Labute approximate surface area is 196 Å². The molecular weight excluding hydrogens is 434 g/mol. The third-order valence-corrected chi connectivity index (χ3v) is 5.99. The molecule has 1 aliphatic heterocycles. The molecule has 0 bridgehead atoms. The quantitative estimate of drug-likeness (QED) is 0.364. The maximum Gasteiger partial charge on any atom is 0.318 e. The van der Waals surface area contributed by atoms with E-state index < -0.39 is 29.8 Å². The first kappa shape index (κ1) is 23.2. The van der Waals surface area contributed by atoms with Crippen LogP contribution in [0.15, 0.2) is 60.8 Å². The number of rotatable bonds is 8. The van der Waals surface area contributed by atoms with Crippen molar-refractivity contribution in [3.63, 3.8) is 0 Å². The maximum atomic E-state index is 13.4. The largest absolute Gasteiger partial charge is 0.361 e. The predicted octanol–water partition coefficient (Wildman–Crippen LogP) is 0.511. The van der Waals surface area contributed by atoms with Gasteiger partial charge < -0.3 is 20.9 Å². The highest BCUT2D eigenvalue weighted by Gasteiger charge is 2.36. The molecule has 176 valence electrons. The van der Waals surface area contributed by atoms with E-state index in [-0.39, 0.29) is 25.4 Å². The van der Waals surface area contributed by atoms with Gasteiger partial charge in [-0.15, -0.1) is 0 Å². The first-order chi connectivity index (χ1) is 16.5. The monoisotopic (exact) mass is 461 g/mol. The van der Waals surface area contributed by atoms with Crippen molar-refractivity contribution in [3.8, 4) is 0 Å². The summed E-state index contributed by atoms with van der Waals surface area (Å²) in [6, 6.07) is 15.6. The van der Waals surface area contributed by atoms with Crippen LogP contribution in [0.4, 0.5) is 0 Å². The van der Waals surface area contributed by atoms with Gasteiger partial charge in [-0.25, -0.2) is 0 Å². The zero-order chi connectivity index (χ0) is 24.1. The highest BCUT2D eigenvalue weighted by molar-refractivity contribution is 6.38. The number of fused-ring (bicyclic) bond motifs is 1. The average Bonchev–Trinajstić information content (AvgIpc) is 3.26. The number of H-pyrrole nitrogens is 1. The van der Waals surface area contributed by atoms with E-state index in [0.29, 0.717) is 6.42 Å². The Kier molecular flexibility index (Phi) is 7.03. The number of para-hydroxylation sites is 1. The summed E-state index contributed by atoms with van der Waals surface area (Å²) in [6.45, 7) is 0.236. The van der Waals surface area contributed by atoms with Gasteiger partial charge in [0.05, 0.1) is 6.04 Å². The van der Waals surface area contributed by atoms with Crippen LogP contribution in [0.1, 0.15) is 11.1 Å². The van der Waals surface area contributed by atoms with Crippen molar-refractivity contribution in [2.75, 3.05) is 20.1 Å². The third-order valence-electron chi connectivity index (χ3n) is 5.99. The summed E-state index contributed by atoms with van der Waals surface area (Å²) >= 11 is 0. The number of piperazine rings is 1. The van der Waals surface area contributed by atoms with E-state index in [2.05, 4.69) is 20.9 Å². The molecule has 2 aromatic carbocycles. The Morgan fingerprint density at radius 1 is 1.00 bits per heavy atom. The molecule has 2 heterocycles. The summed E-state index contributed by atoms with van der Waals surface area (Å²) in [5.74, 6) is -2.70. The molecule has 4 N–H and O–H groups in total. The Hall–Kier alpha value is -3.98. The lowest BCUT2D eigenvalue weighted by molar-refractivity contribution is -0.156. The van der Waals surface area contributed by atoms with Crippen LogP contribution >= 0.6 is 0 Å². The molecule has 1 aromatic heterocycles. The van der Waals surface area contributed by atoms with Crippen molar-refractivity contribution in [2.24, 2.45) is 0 Å². The topological polar surface area (TPSA) is 123 Å². The van der Waals surface area contributed by atoms with E-state index in [4.69, 9.17) is 0 Å². The Bertz CT molecular complexity index is 1210. The van der Waals surface area contributed by atoms with E-state index in [1.807, 2.05) is 54.6 Å². The number of carbonyl (C=O) groups excluding carboxylic acids is 4. The maximum absolute atomic E-state index is 13.4. The van der Waals surface area contributed by atoms with Crippen LogP contribution in [0.25, 0.3) is 10.9 Å². The minimum Gasteiger partial charge on any atom is -0.361 e. The van der Waals surface area contributed by atoms with E-state index in [9.17, 15) is 19.2 Å². The number of aromatic nitrogens is 1. The van der Waals surface area contributed by atoms with Gasteiger partial charge in [0.1, 0.15) is 6.04 Å². The fourth-order valence-electron chi connectivity index (χ4n) is 4.15. The molecule has 4 rings (SSSR count). The zero-order valence-corrected chi connectivity index (χ0v) is 18.8. The summed E-state index contributed by atoms with van der Waals surface area (Å²) < 4.78 is 0. The molecule has 4 amide bonds. The number of hydrogen-bond donors (Lipinski definition) is 4. The zero-order valence-electron chi connectivity index (χ0n) is 18.8. The van der Waals surface area contributed by atoms with Crippen molar-refractivity contribution in [1.82, 2.24) is 25.8 Å². The molecule has 0 aliphatic carbocycles. The van der Waals surface area contributed by atoms with Crippen LogP contribution in [-0.2, 0) is 32.0 Å². The molecule has 9 heteroatoms. The van der Waals surface area contributed by atoms with Crippen LogP contribution in [0, 0.1) is 0 Å². The molecule has 34 heavy (non-hydrogen) atoms. The van der Waals surface area contributed by atoms with E-state index in [1.165, 1.54) is 0 Å². The number of carbonyl (C=O) groups is 4. The van der Waals surface area contributed by atoms with Crippen molar-refractivity contribution in [2.45, 2.75) is 24.9 Å². The summed E-state index contributed by atoms with van der Waals surface area (Å²) in [4.78, 5) is 54.9. The molecule has 1 saturated heterocycles. The van der Waals surface area contributed by atoms with Gasteiger partial charge >= 0.3 is 11.8 Å². The third kappa shape index (κ3) is 4.99. The standard InChI is InChI=1S/C25H27N5O4/c1-26-20(13-16-7-3-2-4-8-16)22(31)29-21(24(33)30-12-11-27-23(32)25(30)34)14-17-15-28-19-10-6-5-9-18(17)19/h2-10,15,20-21,26,28H,11-14H2,1H3,(H,27,32)(H,29,31)/t20-,21-/m0/s1. The van der Waals surface area contributed by atoms with E-state index >= 15 is 0 Å². The second-order valence-electron chi connectivity index (χ2n) is 8.21.